The molecule has 0 spiro atoms. The summed E-state index contributed by atoms with van der Waals surface area (Å²) in [6.45, 7) is 0.682. The van der Waals surface area contributed by atoms with Gasteiger partial charge in [0.1, 0.15) is 12.4 Å². The number of carbonyl (C=O) groups is 1. The Bertz CT molecular complexity index is 921. The summed E-state index contributed by atoms with van der Waals surface area (Å²) in [5, 5.41) is 2.95. The molecule has 0 aliphatic carbocycles. The van der Waals surface area contributed by atoms with Gasteiger partial charge in [-0.15, -0.1) is 0 Å². The van der Waals surface area contributed by atoms with E-state index in [2.05, 4.69) is 22.3 Å². The summed E-state index contributed by atoms with van der Waals surface area (Å²) in [5.41, 5.74) is 1.14. The lowest BCUT2D eigenvalue weighted by Crippen LogP contribution is -2.34. The van der Waals surface area contributed by atoms with Gasteiger partial charge in [0.05, 0.1) is 13.2 Å². The zero-order valence-corrected chi connectivity index (χ0v) is 16.9. The van der Waals surface area contributed by atoms with E-state index < -0.39 is 0 Å². The van der Waals surface area contributed by atoms with Gasteiger partial charge in [-0.3, -0.25) is 4.79 Å². The number of benzene rings is 2. The molecule has 6 heteroatoms. The average molecular weight is 394 g/mol. The van der Waals surface area contributed by atoms with Crippen LogP contribution in [0, 0.1) is 0 Å². The van der Waals surface area contributed by atoms with Gasteiger partial charge in [0, 0.05) is 6.54 Å². The van der Waals surface area contributed by atoms with Crippen LogP contribution in [0.1, 0.15) is 27.9 Å². The molecule has 0 fully saturated rings. The molecule has 0 bridgehead atoms. The van der Waals surface area contributed by atoms with Crippen LogP contribution in [0.4, 0.5) is 0 Å². The van der Waals surface area contributed by atoms with Gasteiger partial charge in [0.2, 0.25) is 0 Å². The van der Waals surface area contributed by atoms with Gasteiger partial charge in [0.25, 0.3) is 5.91 Å². The largest absolute Gasteiger partial charge is 0.493 e. The van der Waals surface area contributed by atoms with Crippen molar-refractivity contribution in [2.45, 2.75) is 12.6 Å². The highest BCUT2D eigenvalue weighted by molar-refractivity contribution is 5.91. The van der Waals surface area contributed by atoms with Crippen LogP contribution >= 0.6 is 0 Å². The third-order valence-electron chi connectivity index (χ3n) is 4.59. The number of para-hydroxylation sites is 2. The van der Waals surface area contributed by atoms with Crippen molar-refractivity contribution in [2.75, 3.05) is 27.7 Å². The van der Waals surface area contributed by atoms with E-state index in [-0.39, 0.29) is 24.3 Å². The van der Waals surface area contributed by atoms with Crippen LogP contribution in [0.15, 0.2) is 71.1 Å². The average Bonchev–Trinajstić information content (AvgIpc) is 3.22. The molecule has 0 aliphatic heterocycles. The Morgan fingerprint density at radius 1 is 1.00 bits per heavy atom. The van der Waals surface area contributed by atoms with E-state index in [1.54, 1.807) is 19.2 Å². The molecule has 0 saturated carbocycles. The number of ether oxygens (including phenoxy) is 2. The maximum Gasteiger partial charge on any atom is 0.287 e. The number of nitrogens with zero attached hydrogens (tertiary/aromatic N) is 1. The van der Waals surface area contributed by atoms with Gasteiger partial charge in [-0.05, 0) is 43.9 Å². The molecule has 3 aromatic rings. The van der Waals surface area contributed by atoms with Gasteiger partial charge in [-0.2, -0.15) is 0 Å². The van der Waals surface area contributed by atoms with Crippen molar-refractivity contribution < 1.29 is 18.7 Å². The summed E-state index contributed by atoms with van der Waals surface area (Å²) >= 11 is 0. The molecule has 1 amide bonds. The molecule has 1 N–H and O–H groups in total. The molecule has 1 unspecified atom stereocenters. The Morgan fingerprint density at radius 2 is 1.69 bits per heavy atom. The Hall–Kier alpha value is -3.25. The van der Waals surface area contributed by atoms with Crippen LogP contribution in [0.25, 0.3) is 0 Å². The zero-order chi connectivity index (χ0) is 20.6. The first kappa shape index (κ1) is 20.5. The van der Waals surface area contributed by atoms with E-state index in [1.165, 1.54) is 0 Å². The lowest BCUT2D eigenvalue weighted by molar-refractivity contribution is 0.0910. The van der Waals surface area contributed by atoms with Crippen LogP contribution in [-0.2, 0) is 6.61 Å². The van der Waals surface area contributed by atoms with E-state index in [0.29, 0.717) is 23.8 Å². The van der Waals surface area contributed by atoms with Crippen LogP contribution in [0.3, 0.4) is 0 Å². The number of likely N-dealkylation sites (N-methyl/N-ethyl adjacent to an activating group) is 1. The predicted molar refractivity (Wildman–Crippen MR) is 111 cm³/mol. The van der Waals surface area contributed by atoms with Gasteiger partial charge in [0.15, 0.2) is 17.3 Å². The third-order valence-corrected chi connectivity index (χ3v) is 4.59. The lowest BCUT2D eigenvalue weighted by Gasteiger charge is -2.24. The number of hydrogen-bond acceptors (Lipinski definition) is 5. The number of carbonyl (C=O) groups excluding carboxylic acids is 1. The van der Waals surface area contributed by atoms with Crippen molar-refractivity contribution in [3.63, 3.8) is 0 Å². The van der Waals surface area contributed by atoms with E-state index >= 15 is 0 Å². The highest BCUT2D eigenvalue weighted by Crippen LogP contribution is 2.27. The minimum atomic E-state index is -0.253. The minimum absolute atomic E-state index is 0.0726. The maximum absolute atomic E-state index is 12.5. The van der Waals surface area contributed by atoms with E-state index in [9.17, 15) is 4.79 Å². The lowest BCUT2D eigenvalue weighted by atomic mass is 10.1. The topological polar surface area (TPSA) is 63.9 Å². The molecular weight excluding hydrogens is 368 g/mol. The second kappa shape index (κ2) is 9.80. The summed E-state index contributed by atoms with van der Waals surface area (Å²) in [6.07, 6.45) is 0. The van der Waals surface area contributed by atoms with E-state index in [4.69, 9.17) is 13.9 Å². The summed E-state index contributed by atoms with van der Waals surface area (Å²) in [6, 6.07) is 20.9. The van der Waals surface area contributed by atoms with Crippen LogP contribution < -0.4 is 14.8 Å². The summed E-state index contributed by atoms with van der Waals surface area (Å²) in [5.74, 6) is 1.83. The highest BCUT2D eigenvalue weighted by atomic mass is 16.5. The van der Waals surface area contributed by atoms with E-state index in [1.807, 2.05) is 56.6 Å². The predicted octanol–water partition coefficient (Wildman–Crippen LogP) is 3.90. The van der Waals surface area contributed by atoms with Crippen molar-refractivity contribution in [3.8, 4) is 11.5 Å². The van der Waals surface area contributed by atoms with Crippen molar-refractivity contribution in [3.05, 3.63) is 83.8 Å². The first-order chi connectivity index (χ1) is 14.1. The first-order valence-electron chi connectivity index (χ1n) is 9.42. The summed E-state index contributed by atoms with van der Waals surface area (Å²) < 4.78 is 16.6. The van der Waals surface area contributed by atoms with Crippen molar-refractivity contribution in [2.24, 2.45) is 0 Å². The molecular formula is C23H26N2O4. The Labute approximate surface area is 171 Å². The SMILES string of the molecule is COc1ccccc1OCc1ccc(C(=O)NCC(c2ccccc2)N(C)C)o1. The number of rotatable bonds is 9. The zero-order valence-electron chi connectivity index (χ0n) is 16.9. The van der Waals surface area contributed by atoms with Crippen molar-refractivity contribution >= 4 is 5.91 Å². The summed E-state index contributed by atoms with van der Waals surface area (Å²) in [4.78, 5) is 14.6. The second-order valence-electron chi connectivity index (χ2n) is 6.81. The van der Waals surface area contributed by atoms with Gasteiger partial charge in [-0.25, -0.2) is 0 Å². The molecule has 1 aromatic heterocycles. The molecule has 152 valence electrons. The highest BCUT2D eigenvalue weighted by Gasteiger charge is 2.17. The monoisotopic (exact) mass is 394 g/mol. The van der Waals surface area contributed by atoms with Crippen LogP contribution in [0.2, 0.25) is 0 Å². The fourth-order valence-electron chi connectivity index (χ4n) is 3.01. The summed E-state index contributed by atoms with van der Waals surface area (Å²) in [7, 11) is 5.57. The fraction of sp³-hybridized carbons (Fsp3) is 0.261. The molecule has 29 heavy (non-hydrogen) atoms. The second-order valence-corrected chi connectivity index (χ2v) is 6.81. The van der Waals surface area contributed by atoms with Crippen molar-refractivity contribution in [1.82, 2.24) is 10.2 Å². The van der Waals surface area contributed by atoms with Crippen LogP contribution in [0.5, 0.6) is 11.5 Å². The Kier molecular flexibility index (Phi) is 6.92. The van der Waals surface area contributed by atoms with Crippen LogP contribution in [-0.4, -0.2) is 38.6 Å². The maximum atomic E-state index is 12.5. The normalized spacial score (nSPS) is 11.9. The molecule has 0 aliphatic rings. The molecule has 0 radical (unpaired) electrons. The minimum Gasteiger partial charge on any atom is -0.493 e. The molecule has 2 aromatic carbocycles. The number of methoxy groups -OCH3 is 1. The van der Waals surface area contributed by atoms with Gasteiger partial charge >= 0.3 is 0 Å². The number of furan rings is 1. The standard InChI is InChI=1S/C23H26N2O4/c1-25(2)19(17-9-5-4-6-10-17)15-24-23(26)22-14-13-18(29-22)16-28-21-12-8-7-11-20(21)27-3/h4-14,19H,15-16H2,1-3H3,(H,24,26). The fourth-order valence-corrected chi connectivity index (χ4v) is 3.01. The Balaban J connectivity index is 1.57. The smallest absolute Gasteiger partial charge is 0.287 e. The number of nitrogens with one attached hydrogen (secondary N) is 1. The number of amides is 1. The van der Waals surface area contributed by atoms with Crippen molar-refractivity contribution in [1.29, 1.82) is 0 Å². The molecule has 6 nitrogen and oxygen atoms in total. The molecule has 0 saturated heterocycles. The first-order valence-corrected chi connectivity index (χ1v) is 9.42. The van der Waals surface area contributed by atoms with E-state index in [0.717, 1.165) is 5.56 Å². The van der Waals surface area contributed by atoms with Gasteiger partial charge in [-0.1, -0.05) is 42.5 Å². The molecule has 1 atom stereocenters. The molecule has 3 rings (SSSR count). The van der Waals surface area contributed by atoms with Gasteiger partial charge < -0.3 is 24.1 Å². The quantitative estimate of drug-likeness (QED) is 0.596. The third kappa shape index (κ3) is 5.39. The number of hydrogen-bond donors (Lipinski definition) is 1. The Morgan fingerprint density at radius 3 is 2.38 bits per heavy atom. The molecule has 1 heterocycles.